The number of likely N-dealkylation sites (tertiary alicyclic amines) is 1. The minimum Gasteiger partial charge on any atom is -0.424 e. The van der Waals surface area contributed by atoms with Gasteiger partial charge in [-0.05, 0) is 38.6 Å². The van der Waals surface area contributed by atoms with Gasteiger partial charge in [-0.25, -0.2) is 9.98 Å². The summed E-state index contributed by atoms with van der Waals surface area (Å²) in [7, 11) is 0. The molecule has 21 heavy (non-hydrogen) atoms. The van der Waals surface area contributed by atoms with Gasteiger partial charge in [-0.1, -0.05) is 18.2 Å². The molecule has 1 aromatic rings. The lowest BCUT2D eigenvalue weighted by Crippen LogP contribution is -2.34. The first-order valence-corrected chi connectivity index (χ1v) is 7.06. The van der Waals surface area contributed by atoms with E-state index in [1.165, 1.54) is 0 Å². The normalized spacial score (nSPS) is 17.7. The lowest BCUT2D eigenvalue weighted by molar-refractivity contribution is 0.0971. The summed E-state index contributed by atoms with van der Waals surface area (Å²) in [6.45, 7) is 7.15. The van der Waals surface area contributed by atoms with E-state index in [0.717, 1.165) is 31.6 Å². The van der Waals surface area contributed by atoms with Crippen LogP contribution in [-0.4, -0.2) is 41.9 Å². The Hall–Kier alpha value is -2.14. The number of hydrogen-bond donors (Lipinski definition) is 1. The van der Waals surface area contributed by atoms with E-state index in [4.69, 9.17) is 4.74 Å². The largest absolute Gasteiger partial charge is 0.424 e. The van der Waals surface area contributed by atoms with Crippen LogP contribution in [-0.2, 0) is 0 Å². The second kappa shape index (κ2) is 7.59. The summed E-state index contributed by atoms with van der Waals surface area (Å²) >= 11 is 0. The van der Waals surface area contributed by atoms with Crippen molar-refractivity contribution in [2.75, 3.05) is 13.1 Å². The summed E-state index contributed by atoms with van der Waals surface area (Å²) in [5.41, 5.74) is 1.03. The predicted octanol–water partition coefficient (Wildman–Crippen LogP) is 2.44. The fourth-order valence-electron chi connectivity index (χ4n) is 2.14. The molecule has 1 N–H and O–H groups in total. The third-order valence-electron chi connectivity index (χ3n) is 3.41. The number of aliphatic hydroxyl groups is 1. The molecule has 0 spiro atoms. The van der Waals surface area contributed by atoms with E-state index < -0.39 is 0 Å². The Kier molecular flexibility index (Phi) is 5.51. The lowest BCUT2D eigenvalue weighted by Gasteiger charge is -2.31. The first kappa shape index (κ1) is 15.3. The Morgan fingerprint density at radius 3 is 2.62 bits per heavy atom. The molecule has 0 unspecified atom stereocenters. The highest BCUT2D eigenvalue weighted by atomic mass is 16.5. The Morgan fingerprint density at radius 2 is 2.00 bits per heavy atom. The monoisotopic (exact) mass is 287 g/mol. The molecule has 0 atom stereocenters. The van der Waals surface area contributed by atoms with Crippen molar-refractivity contribution in [1.29, 1.82) is 0 Å². The van der Waals surface area contributed by atoms with E-state index in [-0.39, 0.29) is 12.1 Å². The lowest BCUT2D eigenvalue weighted by atomic mass is 10.1. The fourth-order valence-corrected chi connectivity index (χ4v) is 2.14. The van der Waals surface area contributed by atoms with Crippen molar-refractivity contribution in [3.8, 4) is 5.75 Å². The van der Waals surface area contributed by atoms with Crippen molar-refractivity contribution in [1.82, 2.24) is 4.90 Å². The second-order valence-corrected chi connectivity index (χ2v) is 4.97. The number of piperidine rings is 1. The van der Waals surface area contributed by atoms with Crippen LogP contribution in [0.15, 0.2) is 52.2 Å². The highest BCUT2D eigenvalue weighted by molar-refractivity contribution is 5.81. The highest BCUT2D eigenvalue weighted by Crippen LogP contribution is 2.15. The molecule has 1 aliphatic rings. The second-order valence-electron chi connectivity index (χ2n) is 4.97. The number of ether oxygens (including phenoxy) is 1. The Balaban J connectivity index is 1.99. The predicted molar refractivity (Wildman–Crippen MR) is 84.6 cm³/mol. The molecule has 0 saturated carbocycles. The van der Waals surface area contributed by atoms with E-state index in [1.54, 1.807) is 6.20 Å². The Morgan fingerprint density at radius 1 is 1.33 bits per heavy atom. The molecule has 0 amide bonds. The number of amidine groups is 1. The third kappa shape index (κ3) is 4.72. The maximum Gasteiger partial charge on any atom is 0.321 e. The molecule has 0 radical (unpaired) electrons. The summed E-state index contributed by atoms with van der Waals surface area (Å²) in [4.78, 5) is 10.2. The van der Waals surface area contributed by atoms with Crippen LogP contribution in [0.3, 0.4) is 0 Å². The van der Waals surface area contributed by atoms with E-state index in [2.05, 4.69) is 21.6 Å². The molecule has 0 aliphatic carbocycles. The summed E-state index contributed by atoms with van der Waals surface area (Å²) in [5, 5.41) is 9.51. The minimum atomic E-state index is -0.177. The molecule has 112 valence electrons. The van der Waals surface area contributed by atoms with E-state index in [0.29, 0.717) is 5.75 Å². The molecule has 1 aromatic carbocycles. The molecule has 1 heterocycles. The standard InChI is InChI=1S/C16H21N3O2/c1-13(19-10-8-14(20)9-11-19)12-18-16(17-2)21-15-6-4-3-5-7-15/h3-7,12,14,20H,2,8-11H2,1H3/b13-12+,18-16+. The van der Waals surface area contributed by atoms with E-state index in [9.17, 15) is 5.11 Å². The van der Waals surface area contributed by atoms with Gasteiger partial charge in [0.1, 0.15) is 5.75 Å². The van der Waals surface area contributed by atoms with Gasteiger partial charge in [0.25, 0.3) is 0 Å². The summed E-state index contributed by atoms with van der Waals surface area (Å²) in [5.74, 6) is 0.677. The Bertz CT molecular complexity index is 518. The van der Waals surface area contributed by atoms with Crippen molar-refractivity contribution in [3.63, 3.8) is 0 Å². The summed E-state index contributed by atoms with van der Waals surface area (Å²) in [6, 6.07) is 9.58. The molecule has 5 heteroatoms. The van der Waals surface area contributed by atoms with Gasteiger partial charge >= 0.3 is 6.02 Å². The summed E-state index contributed by atoms with van der Waals surface area (Å²) in [6.07, 6.45) is 3.14. The van der Waals surface area contributed by atoms with Crippen LogP contribution in [0.25, 0.3) is 0 Å². The van der Waals surface area contributed by atoms with Gasteiger partial charge in [-0.2, -0.15) is 0 Å². The number of allylic oxidation sites excluding steroid dienone is 1. The minimum absolute atomic E-state index is 0.177. The van der Waals surface area contributed by atoms with E-state index >= 15 is 0 Å². The zero-order chi connectivity index (χ0) is 15.1. The average molecular weight is 287 g/mol. The molecule has 1 fully saturated rings. The van der Waals surface area contributed by atoms with E-state index in [1.807, 2.05) is 37.3 Å². The number of rotatable bonds is 3. The summed E-state index contributed by atoms with van der Waals surface area (Å²) < 4.78 is 5.54. The maximum absolute atomic E-state index is 9.51. The first-order chi connectivity index (χ1) is 10.2. The SMILES string of the molecule is C=N/C(=N\C=C(/C)N1CCC(O)CC1)Oc1ccccc1. The van der Waals surface area contributed by atoms with Gasteiger partial charge in [-0.3, -0.25) is 0 Å². The number of hydrogen-bond acceptors (Lipinski definition) is 4. The maximum atomic E-state index is 9.51. The van der Waals surface area contributed by atoms with Crippen LogP contribution in [0.5, 0.6) is 5.75 Å². The molecule has 1 aliphatic heterocycles. The van der Waals surface area contributed by atoms with Gasteiger partial charge in [0, 0.05) is 18.8 Å². The first-order valence-electron chi connectivity index (χ1n) is 7.06. The van der Waals surface area contributed by atoms with Crippen molar-refractivity contribution in [2.24, 2.45) is 9.98 Å². The van der Waals surface area contributed by atoms with Gasteiger partial charge in [0.05, 0.1) is 12.3 Å². The molecule has 0 aromatic heterocycles. The van der Waals surface area contributed by atoms with Crippen molar-refractivity contribution >= 4 is 12.7 Å². The molecule has 0 bridgehead atoms. The average Bonchev–Trinajstić information content (AvgIpc) is 2.52. The van der Waals surface area contributed by atoms with Crippen molar-refractivity contribution < 1.29 is 9.84 Å². The van der Waals surface area contributed by atoms with Crippen LogP contribution in [0.1, 0.15) is 19.8 Å². The number of nitrogens with zero attached hydrogens (tertiary/aromatic N) is 3. The number of aliphatic hydroxyl groups excluding tert-OH is 1. The number of para-hydroxylation sites is 1. The van der Waals surface area contributed by atoms with Gasteiger partial charge in [0.2, 0.25) is 0 Å². The Labute approximate surface area is 125 Å². The zero-order valence-electron chi connectivity index (χ0n) is 12.3. The topological polar surface area (TPSA) is 57.4 Å². The molecular weight excluding hydrogens is 266 g/mol. The zero-order valence-corrected chi connectivity index (χ0v) is 12.3. The van der Waals surface area contributed by atoms with Gasteiger partial charge < -0.3 is 14.7 Å². The fraction of sp³-hybridized carbons (Fsp3) is 0.375. The quantitative estimate of drug-likeness (QED) is 0.686. The number of aliphatic imine (C=N–C) groups is 2. The molecular formula is C16H21N3O2. The smallest absolute Gasteiger partial charge is 0.321 e. The van der Waals surface area contributed by atoms with Crippen LogP contribution >= 0.6 is 0 Å². The molecule has 2 rings (SSSR count). The van der Waals surface area contributed by atoms with Crippen molar-refractivity contribution in [2.45, 2.75) is 25.9 Å². The van der Waals surface area contributed by atoms with Crippen LogP contribution in [0, 0.1) is 0 Å². The van der Waals surface area contributed by atoms with Crippen LogP contribution < -0.4 is 4.74 Å². The highest BCUT2D eigenvalue weighted by Gasteiger charge is 2.16. The van der Waals surface area contributed by atoms with Gasteiger partial charge in [0.15, 0.2) is 0 Å². The molecule has 5 nitrogen and oxygen atoms in total. The number of benzene rings is 1. The third-order valence-corrected chi connectivity index (χ3v) is 3.41. The van der Waals surface area contributed by atoms with Crippen LogP contribution in [0.4, 0.5) is 0 Å². The molecule has 1 saturated heterocycles. The van der Waals surface area contributed by atoms with Crippen molar-refractivity contribution in [3.05, 3.63) is 42.2 Å². The van der Waals surface area contributed by atoms with Gasteiger partial charge in [-0.15, -0.1) is 0 Å². The van der Waals surface area contributed by atoms with Crippen LogP contribution in [0.2, 0.25) is 0 Å².